The zero-order valence-electron chi connectivity index (χ0n) is 13.2. The van der Waals surface area contributed by atoms with Gasteiger partial charge in [0.15, 0.2) is 0 Å². The molecule has 0 aromatic rings. The van der Waals surface area contributed by atoms with Gasteiger partial charge in [-0.15, -0.1) is 0 Å². The zero-order valence-corrected chi connectivity index (χ0v) is 13.2. The minimum atomic E-state index is 0.0262. The van der Waals surface area contributed by atoms with Crippen LogP contribution in [0.4, 0.5) is 4.79 Å². The third kappa shape index (κ3) is 5.15. The normalized spacial score (nSPS) is 29.9. The molecule has 1 aliphatic carbocycles. The Labute approximate surface area is 128 Å². The molecule has 1 heterocycles. The van der Waals surface area contributed by atoms with Crippen molar-refractivity contribution in [3.63, 3.8) is 0 Å². The Morgan fingerprint density at radius 3 is 2.62 bits per heavy atom. The van der Waals surface area contributed by atoms with E-state index in [2.05, 4.69) is 5.32 Å². The Bertz CT molecular complexity index is 311. The van der Waals surface area contributed by atoms with Crippen molar-refractivity contribution in [2.24, 2.45) is 5.92 Å². The Balaban J connectivity index is 1.63. The molecule has 5 nitrogen and oxygen atoms in total. The van der Waals surface area contributed by atoms with Gasteiger partial charge in [-0.05, 0) is 57.3 Å². The molecule has 1 atom stereocenters. The first-order valence-electron chi connectivity index (χ1n) is 8.44. The molecule has 2 rings (SSSR count). The number of urea groups is 1. The summed E-state index contributed by atoms with van der Waals surface area (Å²) in [5.41, 5.74) is 0. The lowest BCUT2D eigenvalue weighted by Gasteiger charge is -2.34. The van der Waals surface area contributed by atoms with Gasteiger partial charge in [0.2, 0.25) is 0 Å². The van der Waals surface area contributed by atoms with Gasteiger partial charge in [0.1, 0.15) is 0 Å². The van der Waals surface area contributed by atoms with Gasteiger partial charge in [0, 0.05) is 32.8 Å². The van der Waals surface area contributed by atoms with Gasteiger partial charge in [-0.1, -0.05) is 0 Å². The summed E-state index contributed by atoms with van der Waals surface area (Å²) >= 11 is 0. The van der Waals surface area contributed by atoms with Crippen LogP contribution in [0.2, 0.25) is 0 Å². The van der Waals surface area contributed by atoms with Crippen molar-refractivity contribution in [3.05, 3.63) is 0 Å². The maximum absolute atomic E-state index is 12.2. The average Bonchev–Trinajstić information content (AvgIpc) is 2.55. The molecule has 1 saturated heterocycles. The van der Waals surface area contributed by atoms with Gasteiger partial charge < -0.3 is 20.1 Å². The van der Waals surface area contributed by atoms with E-state index in [4.69, 9.17) is 9.84 Å². The number of aliphatic hydroxyl groups excluding tert-OH is 1. The van der Waals surface area contributed by atoms with Crippen LogP contribution >= 0.6 is 0 Å². The summed E-state index contributed by atoms with van der Waals surface area (Å²) in [5, 5.41) is 12.2. The van der Waals surface area contributed by atoms with Crippen LogP contribution < -0.4 is 5.32 Å². The van der Waals surface area contributed by atoms with Crippen LogP contribution in [0.15, 0.2) is 0 Å². The van der Waals surface area contributed by atoms with Crippen molar-refractivity contribution < 1.29 is 14.6 Å². The number of aliphatic hydroxyl groups is 1. The lowest BCUT2D eigenvalue weighted by Crippen LogP contribution is -2.45. The number of amides is 2. The molecule has 2 amide bonds. The molecule has 1 aliphatic heterocycles. The third-order valence-electron chi connectivity index (χ3n) is 4.96. The highest BCUT2D eigenvalue weighted by molar-refractivity contribution is 5.74. The molecular weight excluding hydrogens is 268 g/mol. The summed E-state index contributed by atoms with van der Waals surface area (Å²) in [6, 6.07) is 0.344. The van der Waals surface area contributed by atoms with Crippen LogP contribution in [0, 0.1) is 5.92 Å². The first kappa shape index (κ1) is 16.6. The number of nitrogens with one attached hydrogen (secondary N) is 1. The van der Waals surface area contributed by atoms with E-state index < -0.39 is 0 Å². The van der Waals surface area contributed by atoms with Gasteiger partial charge in [-0.2, -0.15) is 0 Å². The highest BCUT2D eigenvalue weighted by Crippen LogP contribution is 2.26. The minimum absolute atomic E-state index is 0.0262. The maximum Gasteiger partial charge on any atom is 0.317 e. The third-order valence-corrected chi connectivity index (χ3v) is 4.96. The van der Waals surface area contributed by atoms with Crippen LogP contribution in [-0.2, 0) is 4.74 Å². The largest absolute Gasteiger partial charge is 0.396 e. The van der Waals surface area contributed by atoms with E-state index in [1.807, 2.05) is 11.9 Å². The standard InChI is InChI=1S/C16H30N2O3/c1-18(14-7-5-13(12-19)6-8-14)16(20)17-10-9-15-4-2-3-11-21-15/h13-15,19H,2-12H2,1H3,(H,17,20). The van der Waals surface area contributed by atoms with E-state index in [1.54, 1.807) is 0 Å². The molecule has 1 saturated carbocycles. The van der Waals surface area contributed by atoms with Crippen molar-refractivity contribution in [3.8, 4) is 0 Å². The molecule has 0 spiro atoms. The highest BCUT2D eigenvalue weighted by Gasteiger charge is 2.26. The van der Waals surface area contributed by atoms with Gasteiger partial charge in [-0.3, -0.25) is 0 Å². The molecule has 21 heavy (non-hydrogen) atoms. The van der Waals surface area contributed by atoms with Crippen LogP contribution in [0.3, 0.4) is 0 Å². The molecule has 0 bridgehead atoms. The van der Waals surface area contributed by atoms with Crippen LogP contribution in [0.1, 0.15) is 51.4 Å². The van der Waals surface area contributed by atoms with Gasteiger partial charge >= 0.3 is 6.03 Å². The fourth-order valence-corrected chi connectivity index (χ4v) is 3.38. The highest BCUT2D eigenvalue weighted by atomic mass is 16.5. The summed E-state index contributed by atoms with van der Waals surface area (Å²) < 4.78 is 5.67. The maximum atomic E-state index is 12.2. The summed E-state index contributed by atoms with van der Waals surface area (Å²) in [6.07, 6.45) is 8.82. The van der Waals surface area contributed by atoms with Crippen LogP contribution in [0.5, 0.6) is 0 Å². The van der Waals surface area contributed by atoms with E-state index in [9.17, 15) is 4.79 Å². The van der Waals surface area contributed by atoms with Crippen LogP contribution in [0.25, 0.3) is 0 Å². The Morgan fingerprint density at radius 2 is 2.00 bits per heavy atom. The summed E-state index contributed by atoms with van der Waals surface area (Å²) in [5.74, 6) is 0.432. The number of nitrogens with zero attached hydrogens (tertiary/aromatic N) is 1. The van der Waals surface area contributed by atoms with E-state index in [-0.39, 0.29) is 12.6 Å². The molecular formula is C16H30N2O3. The quantitative estimate of drug-likeness (QED) is 0.817. The molecule has 122 valence electrons. The summed E-state index contributed by atoms with van der Waals surface area (Å²) in [4.78, 5) is 14.0. The van der Waals surface area contributed by atoms with Gasteiger partial charge in [0.05, 0.1) is 6.10 Å². The first-order chi connectivity index (χ1) is 10.2. The molecule has 2 fully saturated rings. The average molecular weight is 298 g/mol. The number of carbonyl (C=O) groups is 1. The first-order valence-corrected chi connectivity index (χ1v) is 8.44. The second kappa shape index (κ2) is 8.59. The number of hydrogen-bond acceptors (Lipinski definition) is 3. The number of rotatable bonds is 5. The minimum Gasteiger partial charge on any atom is -0.396 e. The Morgan fingerprint density at radius 1 is 1.24 bits per heavy atom. The molecule has 0 radical (unpaired) electrons. The number of carbonyl (C=O) groups excluding carboxylic acids is 1. The monoisotopic (exact) mass is 298 g/mol. The fourth-order valence-electron chi connectivity index (χ4n) is 3.38. The molecule has 0 aromatic carbocycles. The van der Waals surface area contributed by atoms with Gasteiger partial charge in [-0.25, -0.2) is 4.79 Å². The molecule has 2 N–H and O–H groups in total. The second-order valence-corrected chi connectivity index (χ2v) is 6.48. The van der Waals surface area contributed by atoms with Crippen molar-refractivity contribution in [2.45, 2.75) is 63.5 Å². The van der Waals surface area contributed by atoms with E-state index in [1.165, 1.54) is 12.8 Å². The van der Waals surface area contributed by atoms with Crippen molar-refractivity contribution in [2.75, 3.05) is 26.8 Å². The van der Waals surface area contributed by atoms with E-state index >= 15 is 0 Å². The van der Waals surface area contributed by atoms with Crippen molar-refractivity contribution in [1.29, 1.82) is 0 Å². The summed E-state index contributed by atoms with van der Waals surface area (Å²) in [6.45, 7) is 1.84. The molecule has 0 aromatic heterocycles. The topological polar surface area (TPSA) is 61.8 Å². The van der Waals surface area contributed by atoms with Gasteiger partial charge in [0.25, 0.3) is 0 Å². The lowest BCUT2D eigenvalue weighted by molar-refractivity contribution is 0.0117. The lowest BCUT2D eigenvalue weighted by atomic mass is 9.86. The molecule has 1 unspecified atom stereocenters. The number of hydrogen-bond donors (Lipinski definition) is 2. The van der Waals surface area contributed by atoms with Crippen molar-refractivity contribution >= 4 is 6.03 Å². The SMILES string of the molecule is CN(C(=O)NCCC1CCCCO1)C1CCC(CO)CC1. The smallest absolute Gasteiger partial charge is 0.317 e. The predicted molar refractivity (Wildman–Crippen MR) is 82.2 cm³/mol. The summed E-state index contributed by atoms with van der Waals surface area (Å²) in [7, 11) is 1.89. The predicted octanol–water partition coefficient (Wildman–Crippen LogP) is 2.14. The molecule has 2 aliphatic rings. The fraction of sp³-hybridized carbons (Fsp3) is 0.938. The van der Waals surface area contributed by atoms with Crippen molar-refractivity contribution in [1.82, 2.24) is 10.2 Å². The zero-order chi connectivity index (χ0) is 15.1. The second-order valence-electron chi connectivity index (χ2n) is 6.48. The Hall–Kier alpha value is -0.810. The van der Waals surface area contributed by atoms with Crippen LogP contribution in [-0.4, -0.2) is 55.0 Å². The number of ether oxygens (including phenoxy) is 1. The van der Waals surface area contributed by atoms with E-state index in [0.717, 1.165) is 45.1 Å². The Kier molecular flexibility index (Phi) is 6.77. The van der Waals surface area contributed by atoms with E-state index in [0.29, 0.717) is 24.6 Å². The molecule has 5 heteroatoms.